The molecular formula is C14H18FNO2. The maximum atomic E-state index is 13.0. The van der Waals surface area contributed by atoms with Gasteiger partial charge in [0, 0.05) is 18.7 Å². The lowest BCUT2D eigenvalue weighted by Gasteiger charge is -2.34. The SMILES string of the molecule is CC1CN(CC(=O)c2cccc(F)c2)CC(C)O1. The van der Waals surface area contributed by atoms with Gasteiger partial charge in [-0.25, -0.2) is 4.39 Å². The lowest BCUT2D eigenvalue weighted by atomic mass is 10.1. The Bertz CT molecular complexity index is 426. The Morgan fingerprint density at radius 3 is 2.67 bits per heavy atom. The summed E-state index contributed by atoms with van der Waals surface area (Å²) in [4.78, 5) is 14.1. The summed E-state index contributed by atoms with van der Waals surface area (Å²) in [6.07, 6.45) is 0.267. The van der Waals surface area contributed by atoms with E-state index in [4.69, 9.17) is 4.74 Å². The van der Waals surface area contributed by atoms with Crippen LogP contribution in [-0.2, 0) is 4.74 Å². The van der Waals surface area contributed by atoms with Crippen LogP contribution < -0.4 is 0 Å². The summed E-state index contributed by atoms with van der Waals surface area (Å²) in [5.74, 6) is -0.416. The molecule has 0 aromatic heterocycles. The van der Waals surface area contributed by atoms with Gasteiger partial charge < -0.3 is 4.74 Å². The first-order valence-electron chi connectivity index (χ1n) is 6.21. The molecule has 0 saturated carbocycles. The van der Waals surface area contributed by atoms with Crippen molar-refractivity contribution in [2.24, 2.45) is 0 Å². The van der Waals surface area contributed by atoms with Gasteiger partial charge in [-0.3, -0.25) is 9.69 Å². The molecule has 2 unspecified atom stereocenters. The summed E-state index contributed by atoms with van der Waals surface area (Å²) in [6, 6.07) is 5.84. The average Bonchev–Trinajstić information content (AvgIpc) is 2.27. The quantitative estimate of drug-likeness (QED) is 0.771. The number of hydrogen-bond acceptors (Lipinski definition) is 3. The molecule has 18 heavy (non-hydrogen) atoms. The predicted octanol–water partition coefficient (Wildman–Crippen LogP) is 2.12. The number of nitrogens with zero attached hydrogens (tertiary/aromatic N) is 1. The highest BCUT2D eigenvalue weighted by Crippen LogP contribution is 2.12. The molecule has 2 atom stereocenters. The maximum Gasteiger partial charge on any atom is 0.176 e. The van der Waals surface area contributed by atoms with Crippen molar-refractivity contribution in [2.75, 3.05) is 19.6 Å². The van der Waals surface area contributed by atoms with Gasteiger partial charge in [0.25, 0.3) is 0 Å². The van der Waals surface area contributed by atoms with Gasteiger partial charge in [0.15, 0.2) is 5.78 Å². The fourth-order valence-corrected chi connectivity index (χ4v) is 2.37. The first-order chi connectivity index (χ1) is 8.54. The highest BCUT2D eigenvalue weighted by Gasteiger charge is 2.24. The van der Waals surface area contributed by atoms with Crippen molar-refractivity contribution in [1.29, 1.82) is 0 Å². The number of benzene rings is 1. The Labute approximate surface area is 107 Å². The Morgan fingerprint density at radius 1 is 1.39 bits per heavy atom. The van der Waals surface area contributed by atoms with Crippen LogP contribution in [0.15, 0.2) is 24.3 Å². The van der Waals surface area contributed by atoms with Crippen LogP contribution in [0.25, 0.3) is 0 Å². The Hall–Kier alpha value is -1.26. The van der Waals surface area contributed by atoms with Crippen molar-refractivity contribution in [3.63, 3.8) is 0 Å². The van der Waals surface area contributed by atoms with Crippen LogP contribution >= 0.6 is 0 Å². The van der Waals surface area contributed by atoms with E-state index in [1.165, 1.54) is 12.1 Å². The average molecular weight is 251 g/mol. The highest BCUT2D eigenvalue weighted by atomic mass is 19.1. The number of Topliss-reactive ketones (excluding diaryl/α,β-unsaturated/α-hetero) is 1. The number of rotatable bonds is 3. The Morgan fingerprint density at radius 2 is 2.06 bits per heavy atom. The van der Waals surface area contributed by atoms with E-state index < -0.39 is 0 Å². The van der Waals surface area contributed by atoms with Crippen LogP contribution in [0.1, 0.15) is 24.2 Å². The van der Waals surface area contributed by atoms with Gasteiger partial charge in [0.05, 0.1) is 18.8 Å². The molecule has 0 radical (unpaired) electrons. The van der Waals surface area contributed by atoms with Crippen LogP contribution in [-0.4, -0.2) is 42.5 Å². The Balaban J connectivity index is 1.99. The fourth-order valence-electron chi connectivity index (χ4n) is 2.37. The van der Waals surface area contributed by atoms with Gasteiger partial charge in [0.2, 0.25) is 0 Å². The molecule has 0 aliphatic carbocycles. The predicted molar refractivity (Wildman–Crippen MR) is 67.2 cm³/mol. The molecule has 3 nitrogen and oxygen atoms in total. The molecule has 1 heterocycles. The fraction of sp³-hybridized carbons (Fsp3) is 0.500. The van der Waals surface area contributed by atoms with E-state index in [1.54, 1.807) is 12.1 Å². The zero-order valence-corrected chi connectivity index (χ0v) is 10.7. The summed E-state index contributed by atoms with van der Waals surface area (Å²) < 4.78 is 18.7. The molecule has 0 N–H and O–H groups in total. The summed E-state index contributed by atoms with van der Waals surface area (Å²) in [6.45, 7) is 5.79. The van der Waals surface area contributed by atoms with Crippen LogP contribution in [0.4, 0.5) is 4.39 Å². The zero-order valence-electron chi connectivity index (χ0n) is 10.7. The number of hydrogen-bond donors (Lipinski definition) is 0. The minimum atomic E-state index is -0.371. The number of ether oxygens (including phenoxy) is 1. The van der Waals surface area contributed by atoms with Crippen molar-refractivity contribution in [3.8, 4) is 0 Å². The van der Waals surface area contributed by atoms with E-state index in [2.05, 4.69) is 4.90 Å². The number of carbonyl (C=O) groups is 1. The lowest BCUT2D eigenvalue weighted by Crippen LogP contribution is -2.47. The van der Waals surface area contributed by atoms with Gasteiger partial charge in [-0.2, -0.15) is 0 Å². The number of carbonyl (C=O) groups excluding carboxylic acids is 1. The number of ketones is 1. The van der Waals surface area contributed by atoms with Crippen LogP contribution in [0.3, 0.4) is 0 Å². The van der Waals surface area contributed by atoms with Crippen LogP contribution in [0, 0.1) is 5.82 Å². The molecule has 0 amide bonds. The molecule has 98 valence electrons. The van der Waals surface area contributed by atoms with Gasteiger partial charge in [0.1, 0.15) is 5.82 Å². The second-order valence-corrected chi connectivity index (χ2v) is 4.88. The van der Waals surface area contributed by atoms with Crippen molar-refractivity contribution >= 4 is 5.78 Å². The molecule has 0 spiro atoms. The second-order valence-electron chi connectivity index (χ2n) is 4.88. The summed E-state index contributed by atoms with van der Waals surface area (Å²) in [5.41, 5.74) is 0.432. The minimum Gasteiger partial charge on any atom is -0.373 e. The maximum absolute atomic E-state index is 13.0. The van der Waals surface area contributed by atoms with Crippen molar-refractivity contribution in [1.82, 2.24) is 4.90 Å². The topological polar surface area (TPSA) is 29.5 Å². The molecule has 1 aromatic carbocycles. The summed E-state index contributed by atoms with van der Waals surface area (Å²) in [5, 5.41) is 0. The molecule has 1 aliphatic rings. The first kappa shape index (κ1) is 13.2. The van der Waals surface area contributed by atoms with Crippen LogP contribution in [0.2, 0.25) is 0 Å². The molecule has 1 aliphatic heterocycles. The zero-order chi connectivity index (χ0) is 13.1. The third-order valence-electron chi connectivity index (χ3n) is 3.01. The normalized spacial score (nSPS) is 25.1. The Kier molecular flexibility index (Phi) is 4.09. The molecule has 2 rings (SSSR count). The number of morpholine rings is 1. The molecule has 0 bridgehead atoms. The van der Waals surface area contributed by atoms with E-state index in [-0.39, 0.29) is 23.8 Å². The lowest BCUT2D eigenvalue weighted by molar-refractivity contribution is -0.0652. The van der Waals surface area contributed by atoms with Crippen molar-refractivity contribution in [3.05, 3.63) is 35.6 Å². The largest absolute Gasteiger partial charge is 0.373 e. The van der Waals surface area contributed by atoms with Crippen molar-refractivity contribution < 1.29 is 13.9 Å². The van der Waals surface area contributed by atoms with E-state index in [1.807, 2.05) is 13.8 Å². The van der Waals surface area contributed by atoms with E-state index in [0.717, 1.165) is 13.1 Å². The standard InChI is InChI=1S/C14H18FNO2/c1-10-7-16(8-11(2)18-10)9-14(17)12-4-3-5-13(15)6-12/h3-6,10-11H,7-9H2,1-2H3. The van der Waals surface area contributed by atoms with Gasteiger partial charge in [-0.15, -0.1) is 0 Å². The van der Waals surface area contributed by atoms with E-state index >= 15 is 0 Å². The molecule has 4 heteroatoms. The van der Waals surface area contributed by atoms with Crippen LogP contribution in [0.5, 0.6) is 0 Å². The van der Waals surface area contributed by atoms with Gasteiger partial charge in [-0.1, -0.05) is 12.1 Å². The molecular weight excluding hydrogens is 233 g/mol. The van der Waals surface area contributed by atoms with Crippen molar-refractivity contribution in [2.45, 2.75) is 26.1 Å². The molecule has 1 fully saturated rings. The monoisotopic (exact) mass is 251 g/mol. The first-order valence-corrected chi connectivity index (χ1v) is 6.21. The second kappa shape index (κ2) is 5.59. The smallest absolute Gasteiger partial charge is 0.176 e. The summed E-state index contributed by atoms with van der Waals surface area (Å²) >= 11 is 0. The molecule has 1 saturated heterocycles. The molecule has 1 aromatic rings. The minimum absolute atomic E-state index is 0.0456. The van der Waals surface area contributed by atoms with E-state index in [0.29, 0.717) is 12.1 Å². The highest BCUT2D eigenvalue weighted by molar-refractivity contribution is 5.97. The van der Waals surface area contributed by atoms with E-state index in [9.17, 15) is 9.18 Å². The number of halogens is 1. The third kappa shape index (κ3) is 3.37. The summed E-state index contributed by atoms with van der Waals surface area (Å²) in [7, 11) is 0. The third-order valence-corrected chi connectivity index (χ3v) is 3.01. The van der Waals surface area contributed by atoms with Gasteiger partial charge >= 0.3 is 0 Å². The van der Waals surface area contributed by atoms with Gasteiger partial charge in [-0.05, 0) is 26.0 Å².